The van der Waals surface area contributed by atoms with Crippen LogP contribution in [0.2, 0.25) is 0 Å². The summed E-state index contributed by atoms with van der Waals surface area (Å²) in [6.45, 7) is -0.126. The van der Waals surface area contributed by atoms with Crippen LogP contribution in [0.4, 0.5) is 17.8 Å². The molecule has 5 N–H and O–H groups in total. The number of nitrogens with zero attached hydrogens (tertiary/aromatic N) is 9. The van der Waals surface area contributed by atoms with Gasteiger partial charge >= 0.3 is 29.6 Å². The Morgan fingerprint density at radius 1 is 0.636 bits per heavy atom. The summed E-state index contributed by atoms with van der Waals surface area (Å²) in [5, 5.41) is 13.4. The molecule has 275 valence electrons. The van der Waals surface area contributed by atoms with Gasteiger partial charge in [0.05, 0.1) is 17.7 Å². The number of nitrogen functional groups attached to an aromatic ring is 1. The Bertz CT molecular complexity index is 2030. The molecule has 0 fully saturated rings. The molecular weight excluding hydrogens is 742 g/mol. The van der Waals surface area contributed by atoms with Gasteiger partial charge in [-0.1, -0.05) is 7.43 Å². The summed E-state index contributed by atoms with van der Waals surface area (Å²) in [6.07, 6.45) is 18.8. The third-order valence-electron chi connectivity index (χ3n) is 5.77. The first-order valence-corrected chi connectivity index (χ1v) is 14.8. The number of anilines is 3. The average molecular weight is 774 g/mol. The van der Waals surface area contributed by atoms with E-state index < -0.39 is 5.24 Å². The Kier molecular flexibility index (Phi) is 24.3. The molecule has 3 radical (unpaired) electrons. The van der Waals surface area contributed by atoms with Crippen LogP contribution < -0.4 is 45.9 Å². The van der Waals surface area contributed by atoms with E-state index in [4.69, 9.17) is 22.4 Å². The molecule has 0 unspecified atom stereocenters. The number of aliphatic hydroxyl groups is 1. The molecule has 6 aromatic rings. The van der Waals surface area contributed by atoms with Gasteiger partial charge in [0.2, 0.25) is 17.8 Å². The normalized spacial score (nSPS) is 8.98. The van der Waals surface area contributed by atoms with Crippen molar-refractivity contribution in [1.29, 1.82) is 0 Å². The zero-order chi connectivity index (χ0) is 37.6. The van der Waals surface area contributed by atoms with Gasteiger partial charge < -0.3 is 12.3 Å². The van der Waals surface area contributed by atoms with Crippen LogP contribution in [0, 0.1) is 0 Å². The minimum Gasteiger partial charge on any atom is -1.00 e. The zero-order valence-corrected chi connectivity index (χ0v) is 31.1. The van der Waals surface area contributed by atoms with E-state index in [-0.39, 0.29) is 83.1 Å². The third kappa shape index (κ3) is 18.4. The van der Waals surface area contributed by atoms with Crippen LogP contribution in [0.15, 0.2) is 111 Å². The topological polar surface area (TPSA) is 272 Å². The van der Waals surface area contributed by atoms with Crippen LogP contribution >= 0.6 is 11.6 Å². The van der Waals surface area contributed by atoms with Gasteiger partial charge in [-0.3, -0.25) is 49.6 Å². The molecule has 0 bridgehead atoms. The number of hydrogen-bond acceptors (Lipinski definition) is 16. The molecule has 0 aliphatic carbocycles. The second-order valence-electron chi connectivity index (χ2n) is 9.41. The van der Waals surface area contributed by atoms with Gasteiger partial charge in [-0.15, -0.1) is 0 Å². The molecule has 0 spiro atoms. The third-order valence-corrected chi connectivity index (χ3v) is 5.98. The van der Waals surface area contributed by atoms with Crippen molar-refractivity contribution in [3.05, 3.63) is 144 Å². The van der Waals surface area contributed by atoms with Crippen LogP contribution in [0.5, 0.6) is 0 Å². The van der Waals surface area contributed by atoms with Gasteiger partial charge in [0, 0.05) is 105 Å². The van der Waals surface area contributed by atoms with Gasteiger partial charge in [-0.05, 0) is 48.0 Å². The van der Waals surface area contributed by atoms with Crippen LogP contribution in [0.25, 0.3) is 0 Å². The van der Waals surface area contributed by atoms with Crippen molar-refractivity contribution in [2.75, 3.05) is 16.4 Å². The Morgan fingerprint density at radius 3 is 1.27 bits per heavy atom. The van der Waals surface area contributed by atoms with E-state index in [2.05, 4.69) is 55.5 Å². The molecule has 0 atom stereocenters. The molecule has 6 aromatic heterocycles. The predicted molar refractivity (Wildman–Crippen MR) is 200 cm³/mol. The van der Waals surface area contributed by atoms with Crippen molar-refractivity contribution >= 4 is 67.5 Å². The van der Waals surface area contributed by atoms with E-state index in [1.165, 1.54) is 74.4 Å². The second kappa shape index (κ2) is 27.4. The molecule has 0 saturated heterocycles. The van der Waals surface area contributed by atoms with E-state index in [9.17, 15) is 24.0 Å². The minimum atomic E-state index is -0.447. The number of aldehydes is 2. The molecule has 55 heavy (non-hydrogen) atoms. The number of carbonyl (C=O) groups excluding carboxylic acids is 5. The summed E-state index contributed by atoms with van der Waals surface area (Å²) in [4.78, 5) is 88.1. The maximum Gasteiger partial charge on any atom is 1.00 e. The van der Waals surface area contributed by atoms with Crippen LogP contribution in [-0.2, 0) is 6.61 Å². The minimum absolute atomic E-state index is 0. The van der Waals surface area contributed by atoms with Crippen LogP contribution in [0.1, 0.15) is 66.2 Å². The number of halogens is 1. The SMILES string of the molecule is C.Nc1ncc(C=O)cn1.O=C(Cl)c1ccncc1.O=C(Nc1ncc(CO)cn1)c1ccncc1.O=Cc1cnc(NC(=O)c2ccncc2)nc1.[B].[H-].[Na+]. The van der Waals surface area contributed by atoms with E-state index >= 15 is 0 Å². The van der Waals surface area contributed by atoms with E-state index in [1.807, 2.05) is 0 Å². The van der Waals surface area contributed by atoms with Gasteiger partial charge in [0.1, 0.15) is 0 Å². The molecule has 0 aromatic carbocycles. The number of aromatic nitrogens is 9. The number of aliphatic hydroxyl groups excluding tert-OH is 1. The summed E-state index contributed by atoms with van der Waals surface area (Å²) in [6, 6.07) is 9.48. The monoisotopic (exact) mass is 773 g/mol. The van der Waals surface area contributed by atoms with Gasteiger partial charge in [-0.2, -0.15) is 0 Å². The van der Waals surface area contributed by atoms with Crippen molar-refractivity contribution in [3.63, 3.8) is 0 Å². The first-order valence-electron chi connectivity index (χ1n) is 14.5. The first-order chi connectivity index (χ1) is 25.2. The van der Waals surface area contributed by atoms with E-state index in [1.54, 1.807) is 36.4 Å². The molecular formula is C34H32BClN12NaO6. The number of carbonyl (C=O) groups is 5. The maximum atomic E-state index is 11.7. The van der Waals surface area contributed by atoms with Crippen molar-refractivity contribution in [3.8, 4) is 0 Å². The van der Waals surface area contributed by atoms with Gasteiger partial charge in [0.15, 0.2) is 12.6 Å². The number of nitrogens with one attached hydrogen (secondary N) is 2. The van der Waals surface area contributed by atoms with Crippen molar-refractivity contribution < 1.29 is 60.1 Å². The first kappa shape index (κ1) is 48.8. The zero-order valence-electron chi connectivity index (χ0n) is 29.3. The van der Waals surface area contributed by atoms with Crippen molar-refractivity contribution in [2.24, 2.45) is 0 Å². The molecule has 6 heterocycles. The maximum absolute atomic E-state index is 11.7. The van der Waals surface area contributed by atoms with E-state index in [0.717, 1.165) is 0 Å². The fourth-order valence-electron chi connectivity index (χ4n) is 3.21. The molecule has 21 heteroatoms. The molecule has 0 aliphatic rings. The quantitative estimate of drug-likeness (QED) is 0.0917. The van der Waals surface area contributed by atoms with Gasteiger partial charge in [-0.25, -0.2) is 29.9 Å². The summed E-state index contributed by atoms with van der Waals surface area (Å²) in [7, 11) is 0. The van der Waals surface area contributed by atoms with Gasteiger partial charge in [0.25, 0.3) is 17.1 Å². The van der Waals surface area contributed by atoms with Crippen LogP contribution in [0.3, 0.4) is 0 Å². The Morgan fingerprint density at radius 2 is 0.964 bits per heavy atom. The van der Waals surface area contributed by atoms with Crippen molar-refractivity contribution in [1.82, 2.24) is 44.9 Å². The number of pyridine rings is 3. The number of hydrogen-bond donors (Lipinski definition) is 4. The van der Waals surface area contributed by atoms with E-state index in [0.29, 0.717) is 46.0 Å². The summed E-state index contributed by atoms with van der Waals surface area (Å²) in [5.74, 6) is -0.0996. The molecule has 2 amide bonds. The molecule has 6 rings (SSSR count). The fraction of sp³-hybridized carbons (Fsp3) is 0.0588. The Hall–Kier alpha value is -6.25. The fourth-order valence-corrected chi connectivity index (χ4v) is 3.34. The summed E-state index contributed by atoms with van der Waals surface area (Å²) >= 11 is 5.14. The van der Waals surface area contributed by atoms with Crippen LogP contribution in [-0.4, -0.2) is 88.0 Å². The molecule has 0 saturated carbocycles. The summed E-state index contributed by atoms with van der Waals surface area (Å²) in [5.41, 5.74) is 7.94. The smallest absolute Gasteiger partial charge is 1.00 e. The van der Waals surface area contributed by atoms with Crippen molar-refractivity contribution in [2.45, 2.75) is 14.0 Å². The molecule has 0 aliphatic heterocycles. The standard InChI is InChI=1S/C11H10N4O2.C11H8N4O2.C6H4ClNO.C5H5N3O.CH4.B.Na.H/c2*16-7-8-5-13-11(14-6-8)15-10(17)9-1-3-12-4-2-9;7-6(9)5-1-3-8-4-2-5;6-5-7-1-4(3-9)2-8-5;;;;/h1-6,16H,7H2,(H,13,14,15,17);1-7H,(H,13,14,15,17);1-4H;1-3H,(H2,6,7,8);1H4;;;/q;;;;;;+1;-1. The largest absolute Gasteiger partial charge is 1.00 e. The number of rotatable bonds is 8. The summed E-state index contributed by atoms with van der Waals surface area (Å²) < 4.78 is 0. The molecule has 18 nitrogen and oxygen atoms in total. The Labute approximate surface area is 345 Å². The Balaban J connectivity index is 0. The number of amides is 2. The average Bonchev–Trinajstić information content (AvgIpc) is 3.20. The number of nitrogens with two attached hydrogens (primary N) is 1. The second-order valence-corrected chi connectivity index (χ2v) is 9.76. The predicted octanol–water partition coefficient (Wildman–Crippen LogP) is 0.256.